The predicted octanol–water partition coefficient (Wildman–Crippen LogP) is 4.78. The lowest BCUT2D eigenvalue weighted by atomic mass is 10.0. The van der Waals surface area contributed by atoms with E-state index in [2.05, 4.69) is 0 Å². The standard InChI is InChI=1S/C27H21NO10/c1-4-36-27(31)25-23(15-8-11-20(34-2)22(13-15)35-3)24(29)19-10-9-18(14-21(19)38-25)37-26(30)16-6-5-7-17(12-16)28(32)33/h5-14H,4H2,1-3H3. The molecule has 0 atom stereocenters. The van der Waals surface area contributed by atoms with E-state index in [1.54, 1.807) is 19.1 Å². The Morgan fingerprint density at radius 1 is 0.947 bits per heavy atom. The van der Waals surface area contributed by atoms with Gasteiger partial charge in [0.25, 0.3) is 5.69 Å². The summed E-state index contributed by atoms with van der Waals surface area (Å²) >= 11 is 0. The van der Waals surface area contributed by atoms with E-state index in [4.69, 9.17) is 23.4 Å². The van der Waals surface area contributed by atoms with Crippen molar-refractivity contribution in [3.05, 3.63) is 92.3 Å². The van der Waals surface area contributed by atoms with Gasteiger partial charge in [-0.05, 0) is 42.8 Å². The van der Waals surface area contributed by atoms with Crippen LogP contribution in [0.25, 0.3) is 22.1 Å². The number of hydrogen-bond acceptors (Lipinski definition) is 10. The van der Waals surface area contributed by atoms with Gasteiger partial charge in [-0.1, -0.05) is 12.1 Å². The van der Waals surface area contributed by atoms with Crippen LogP contribution in [0.4, 0.5) is 5.69 Å². The number of non-ortho nitro benzene ring substituents is 1. The first-order valence-electron chi connectivity index (χ1n) is 11.2. The van der Waals surface area contributed by atoms with Crippen LogP contribution in [-0.4, -0.2) is 37.7 Å². The Hall–Kier alpha value is -5.19. The lowest BCUT2D eigenvalue weighted by Crippen LogP contribution is -2.15. The molecule has 0 aliphatic rings. The van der Waals surface area contributed by atoms with Crippen LogP contribution in [0.15, 0.2) is 69.9 Å². The van der Waals surface area contributed by atoms with Crippen LogP contribution < -0.4 is 19.6 Å². The molecule has 0 unspecified atom stereocenters. The van der Waals surface area contributed by atoms with Gasteiger partial charge >= 0.3 is 11.9 Å². The van der Waals surface area contributed by atoms with Crippen molar-refractivity contribution in [3.63, 3.8) is 0 Å². The van der Waals surface area contributed by atoms with Crippen LogP contribution in [0, 0.1) is 10.1 Å². The van der Waals surface area contributed by atoms with E-state index in [1.807, 2.05) is 0 Å². The zero-order valence-corrected chi connectivity index (χ0v) is 20.5. The summed E-state index contributed by atoms with van der Waals surface area (Å²) in [5, 5.41) is 11.1. The van der Waals surface area contributed by atoms with Crippen LogP contribution in [0.5, 0.6) is 17.2 Å². The summed E-state index contributed by atoms with van der Waals surface area (Å²) in [6, 6.07) is 13.8. The molecule has 11 nitrogen and oxygen atoms in total. The number of methoxy groups -OCH3 is 2. The lowest BCUT2D eigenvalue weighted by Gasteiger charge is -2.13. The number of nitrogens with zero attached hydrogens (tertiary/aromatic N) is 1. The second kappa shape index (κ2) is 10.8. The molecule has 4 rings (SSSR count). The SMILES string of the molecule is CCOC(=O)c1oc2cc(OC(=O)c3cccc([N+](=O)[O-])c3)ccc2c(=O)c1-c1ccc(OC)c(OC)c1. The highest BCUT2D eigenvalue weighted by molar-refractivity contribution is 5.98. The summed E-state index contributed by atoms with van der Waals surface area (Å²) in [6.45, 7) is 1.64. The fraction of sp³-hybridized carbons (Fsp3) is 0.148. The summed E-state index contributed by atoms with van der Waals surface area (Å²) < 4.78 is 26.8. The van der Waals surface area contributed by atoms with Crippen LogP contribution in [0.2, 0.25) is 0 Å². The molecule has 0 saturated carbocycles. The molecule has 0 aliphatic carbocycles. The number of fused-ring (bicyclic) bond motifs is 1. The first kappa shape index (κ1) is 25.9. The molecule has 0 radical (unpaired) electrons. The maximum atomic E-state index is 13.6. The number of nitro benzene ring substituents is 1. The molecule has 0 N–H and O–H groups in total. The van der Waals surface area contributed by atoms with E-state index in [-0.39, 0.29) is 45.9 Å². The van der Waals surface area contributed by atoms with Gasteiger partial charge in [0.05, 0.1) is 42.3 Å². The molecule has 0 bridgehead atoms. The molecule has 1 aromatic heterocycles. The Kier molecular flexibility index (Phi) is 7.38. The lowest BCUT2D eigenvalue weighted by molar-refractivity contribution is -0.384. The fourth-order valence-corrected chi connectivity index (χ4v) is 3.74. The summed E-state index contributed by atoms with van der Waals surface area (Å²) in [4.78, 5) is 49.3. The van der Waals surface area contributed by atoms with E-state index in [1.165, 1.54) is 56.7 Å². The molecule has 4 aromatic rings. The molecular weight excluding hydrogens is 498 g/mol. The minimum atomic E-state index is -0.865. The molecule has 0 spiro atoms. The predicted molar refractivity (Wildman–Crippen MR) is 135 cm³/mol. The largest absolute Gasteiger partial charge is 0.493 e. The van der Waals surface area contributed by atoms with Gasteiger partial charge in [-0.2, -0.15) is 0 Å². The van der Waals surface area contributed by atoms with Gasteiger partial charge in [0.1, 0.15) is 11.3 Å². The maximum Gasteiger partial charge on any atom is 0.375 e. The van der Waals surface area contributed by atoms with Crippen molar-refractivity contribution in [2.24, 2.45) is 0 Å². The van der Waals surface area contributed by atoms with E-state index >= 15 is 0 Å². The normalized spacial score (nSPS) is 10.6. The molecular formula is C27H21NO10. The topological polar surface area (TPSA) is 144 Å². The number of hydrogen-bond donors (Lipinski definition) is 0. The van der Waals surface area contributed by atoms with Crippen LogP contribution in [-0.2, 0) is 4.74 Å². The third kappa shape index (κ3) is 5.03. The molecule has 194 valence electrons. The first-order chi connectivity index (χ1) is 18.3. The number of carbonyl (C=O) groups is 2. The summed E-state index contributed by atoms with van der Waals surface area (Å²) in [6.07, 6.45) is 0. The van der Waals surface area contributed by atoms with Gasteiger partial charge in [-0.25, -0.2) is 9.59 Å². The average Bonchev–Trinajstić information content (AvgIpc) is 2.92. The minimum absolute atomic E-state index is 0.00849. The molecule has 0 fully saturated rings. The zero-order valence-electron chi connectivity index (χ0n) is 20.5. The quantitative estimate of drug-likeness (QED) is 0.138. The third-order valence-electron chi connectivity index (χ3n) is 5.50. The van der Waals surface area contributed by atoms with Crippen molar-refractivity contribution >= 4 is 28.6 Å². The molecule has 11 heteroatoms. The number of rotatable bonds is 8. The van der Waals surface area contributed by atoms with Crippen molar-refractivity contribution in [1.29, 1.82) is 0 Å². The molecule has 38 heavy (non-hydrogen) atoms. The smallest absolute Gasteiger partial charge is 0.375 e. The van der Waals surface area contributed by atoms with Crippen molar-refractivity contribution in [2.75, 3.05) is 20.8 Å². The monoisotopic (exact) mass is 519 g/mol. The van der Waals surface area contributed by atoms with E-state index in [9.17, 15) is 24.5 Å². The number of carbonyl (C=O) groups excluding carboxylic acids is 2. The van der Waals surface area contributed by atoms with Gasteiger partial charge in [0.15, 0.2) is 11.5 Å². The van der Waals surface area contributed by atoms with Gasteiger partial charge in [0.2, 0.25) is 11.2 Å². The van der Waals surface area contributed by atoms with Gasteiger partial charge < -0.3 is 23.4 Å². The van der Waals surface area contributed by atoms with E-state index < -0.39 is 22.3 Å². The molecule has 1 heterocycles. The van der Waals surface area contributed by atoms with Gasteiger partial charge in [-0.15, -0.1) is 0 Å². The van der Waals surface area contributed by atoms with Crippen molar-refractivity contribution in [2.45, 2.75) is 6.92 Å². The molecule has 0 amide bonds. The highest BCUT2D eigenvalue weighted by Crippen LogP contribution is 2.34. The second-order valence-corrected chi connectivity index (χ2v) is 7.78. The first-order valence-corrected chi connectivity index (χ1v) is 11.2. The van der Waals surface area contributed by atoms with Crippen LogP contribution >= 0.6 is 0 Å². The summed E-state index contributed by atoms with van der Waals surface area (Å²) in [5.41, 5.74) is -0.590. The maximum absolute atomic E-state index is 13.6. The Labute approximate surface area is 215 Å². The zero-order chi connectivity index (χ0) is 27.4. The number of ether oxygens (including phenoxy) is 4. The van der Waals surface area contributed by atoms with Crippen molar-refractivity contribution < 1.29 is 37.9 Å². The molecule has 0 saturated heterocycles. The number of benzene rings is 3. The molecule has 3 aromatic carbocycles. The van der Waals surface area contributed by atoms with Gasteiger partial charge in [-0.3, -0.25) is 14.9 Å². The summed E-state index contributed by atoms with van der Waals surface area (Å²) in [5.74, 6) is -1.32. The van der Waals surface area contributed by atoms with Crippen LogP contribution in [0.3, 0.4) is 0 Å². The van der Waals surface area contributed by atoms with Crippen LogP contribution in [0.1, 0.15) is 27.8 Å². The molecule has 0 aliphatic heterocycles. The Balaban J connectivity index is 1.81. The van der Waals surface area contributed by atoms with Crippen molar-refractivity contribution in [1.82, 2.24) is 0 Å². The van der Waals surface area contributed by atoms with E-state index in [0.717, 1.165) is 6.07 Å². The Bertz CT molecular complexity index is 1620. The second-order valence-electron chi connectivity index (χ2n) is 7.78. The highest BCUT2D eigenvalue weighted by atomic mass is 16.6. The summed E-state index contributed by atoms with van der Waals surface area (Å²) in [7, 11) is 2.91. The Morgan fingerprint density at radius 2 is 1.71 bits per heavy atom. The average molecular weight is 519 g/mol. The third-order valence-corrected chi connectivity index (χ3v) is 5.50. The highest BCUT2D eigenvalue weighted by Gasteiger charge is 2.24. The Morgan fingerprint density at radius 3 is 2.39 bits per heavy atom. The fourth-order valence-electron chi connectivity index (χ4n) is 3.74. The van der Waals surface area contributed by atoms with Crippen molar-refractivity contribution in [3.8, 4) is 28.4 Å². The number of esters is 2. The minimum Gasteiger partial charge on any atom is -0.493 e. The van der Waals surface area contributed by atoms with Gasteiger partial charge in [0, 0.05) is 18.2 Å². The van der Waals surface area contributed by atoms with E-state index in [0.29, 0.717) is 17.1 Å². The number of nitro groups is 1.